The molecule has 1 fully saturated rings. The van der Waals surface area contributed by atoms with Crippen LogP contribution in [0, 0.1) is 11.3 Å². The average Bonchev–Trinajstić information content (AvgIpc) is 3.31. The lowest BCUT2D eigenvalue weighted by molar-refractivity contribution is 0.373. The number of nitriles is 1. The number of benzene rings is 1. The number of methoxy groups -OCH3 is 1. The van der Waals surface area contributed by atoms with Gasteiger partial charge in [0.25, 0.3) is 0 Å². The highest BCUT2D eigenvalue weighted by Crippen LogP contribution is 2.40. The smallest absolute Gasteiger partial charge is 0.223 e. The Bertz CT molecular complexity index is 723. The fraction of sp³-hybridized carbons (Fsp3) is 0.267. The van der Waals surface area contributed by atoms with Gasteiger partial charge in [-0.2, -0.15) is 10.2 Å². The van der Waals surface area contributed by atoms with Crippen molar-refractivity contribution in [1.29, 1.82) is 5.26 Å². The zero-order valence-electron chi connectivity index (χ0n) is 11.3. The highest BCUT2D eigenvalue weighted by atomic mass is 79.9. The normalized spacial score (nSPS) is 13.6. The Kier molecular flexibility index (Phi) is 3.76. The van der Waals surface area contributed by atoms with E-state index < -0.39 is 0 Å². The van der Waals surface area contributed by atoms with E-state index in [2.05, 4.69) is 32.0 Å². The molecule has 5 nitrogen and oxygen atoms in total. The zero-order valence-corrected chi connectivity index (χ0v) is 12.9. The van der Waals surface area contributed by atoms with Gasteiger partial charge in [0.15, 0.2) is 11.5 Å². The van der Waals surface area contributed by atoms with Gasteiger partial charge in [-0.1, -0.05) is 0 Å². The van der Waals surface area contributed by atoms with Crippen molar-refractivity contribution in [2.75, 3.05) is 7.11 Å². The molecule has 0 aliphatic heterocycles. The van der Waals surface area contributed by atoms with Gasteiger partial charge in [-0.3, -0.25) is 0 Å². The summed E-state index contributed by atoms with van der Waals surface area (Å²) in [6, 6.07) is 8.78. The van der Waals surface area contributed by atoms with E-state index in [1.807, 2.05) is 0 Å². The maximum Gasteiger partial charge on any atom is 0.223 e. The maximum absolute atomic E-state index is 8.91. The van der Waals surface area contributed by atoms with E-state index in [9.17, 15) is 0 Å². The molecule has 0 spiro atoms. The summed E-state index contributed by atoms with van der Waals surface area (Å²) < 4.78 is 11.7. The summed E-state index contributed by atoms with van der Waals surface area (Å²) in [5.74, 6) is 2.71. The van der Waals surface area contributed by atoms with E-state index in [0.717, 1.165) is 18.7 Å². The van der Waals surface area contributed by atoms with Crippen LogP contribution in [0.5, 0.6) is 17.4 Å². The molecule has 1 aliphatic rings. The fourth-order valence-corrected chi connectivity index (χ4v) is 2.30. The first kappa shape index (κ1) is 13.8. The number of nitrogens with zero attached hydrogens (tertiary/aromatic N) is 3. The molecule has 0 bridgehead atoms. The van der Waals surface area contributed by atoms with E-state index in [1.165, 1.54) is 7.11 Å². The Labute approximate surface area is 130 Å². The maximum atomic E-state index is 8.91. The molecule has 1 aliphatic carbocycles. The van der Waals surface area contributed by atoms with Crippen LogP contribution < -0.4 is 9.47 Å². The molecule has 3 rings (SSSR count). The molecule has 0 unspecified atom stereocenters. The molecule has 0 amide bonds. The van der Waals surface area contributed by atoms with Crippen LogP contribution in [0.25, 0.3) is 0 Å². The van der Waals surface area contributed by atoms with Crippen molar-refractivity contribution in [3.8, 4) is 23.4 Å². The summed E-state index contributed by atoms with van der Waals surface area (Å²) in [5.41, 5.74) is 0.515. The van der Waals surface area contributed by atoms with Gasteiger partial charge in [-0.15, -0.1) is 0 Å². The van der Waals surface area contributed by atoms with Gasteiger partial charge < -0.3 is 9.47 Å². The first-order valence-corrected chi connectivity index (χ1v) is 7.29. The Morgan fingerprint density at radius 1 is 1.24 bits per heavy atom. The third-order valence-electron chi connectivity index (χ3n) is 3.14. The largest absolute Gasteiger partial charge is 0.493 e. The van der Waals surface area contributed by atoms with Crippen LogP contribution in [-0.2, 0) is 0 Å². The van der Waals surface area contributed by atoms with Crippen molar-refractivity contribution in [2.24, 2.45) is 0 Å². The van der Waals surface area contributed by atoms with Crippen molar-refractivity contribution >= 4 is 15.9 Å². The molecule has 21 heavy (non-hydrogen) atoms. The molecular formula is C15H12BrN3O2. The van der Waals surface area contributed by atoms with E-state index >= 15 is 0 Å². The second kappa shape index (κ2) is 5.70. The summed E-state index contributed by atoms with van der Waals surface area (Å²) in [6.07, 6.45) is 2.24. The quantitative estimate of drug-likeness (QED) is 0.788. The molecule has 1 aromatic heterocycles. The number of aromatic nitrogens is 2. The highest BCUT2D eigenvalue weighted by molar-refractivity contribution is 9.10. The second-order valence-electron chi connectivity index (χ2n) is 4.74. The number of halogens is 1. The first-order chi connectivity index (χ1) is 10.2. The summed E-state index contributed by atoms with van der Waals surface area (Å²) >= 11 is 3.38. The molecule has 0 atom stereocenters. The van der Waals surface area contributed by atoms with Gasteiger partial charge in [-0.05, 0) is 40.9 Å². The third-order valence-corrected chi connectivity index (χ3v) is 3.54. The first-order valence-electron chi connectivity index (χ1n) is 6.50. The molecule has 1 aromatic carbocycles. The Hall–Kier alpha value is -2.13. The standard InChI is InChI=1S/C15H12BrN3O2/c1-20-12-6-9(8-17)2-5-11(12)21-14-7-13(16)18-15(19-14)10-3-4-10/h2,5-7,10H,3-4H2,1H3. The lowest BCUT2D eigenvalue weighted by Crippen LogP contribution is -1.98. The predicted molar refractivity (Wildman–Crippen MR) is 79.5 cm³/mol. The Balaban J connectivity index is 1.91. The topological polar surface area (TPSA) is 68.0 Å². The summed E-state index contributed by atoms with van der Waals surface area (Å²) in [6.45, 7) is 0. The van der Waals surface area contributed by atoms with Crippen molar-refractivity contribution < 1.29 is 9.47 Å². The molecular weight excluding hydrogens is 334 g/mol. The predicted octanol–water partition coefficient (Wildman–Crippen LogP) is 3.79. The Morgan fingerprint density at radius 3 is 2.71 bits per heavy atom. The van der Waals surface area contributed by atoms with Gasteiger partial charge in [-0.25, -0.2) is 4.98 Å². The van der Waals surface area contributed by atoms with Crippen LogP contribution in [0.2, 0.25) is 0 Å². The molecule has 0 radical (unpaired) electrons. The molecule has 0 saturated heterocycles. The van der Waals surface area contributed by atoms with Gasteiger partial charge in [0.05, 0.1) is 18.7 Å². The van der Waals surface area contributed by atoms with Crippen molar-refractivity contribution in [3.05, 3.63) is 40.3 Å². The van der Waals surface area contributed by atoms with Crippen LogP contribution in [0.1, 0.15) is 30.1 Å². The van der Waals surface area contributed by atoms with Crippen LogP contribution in [0.4, 0.5) is 0 Å². The molecule has 2 aromatic rings. The highest BCUT2D eigenvalue weighted by Gasteiger charge is 2.27. The summed E-state index contributed by atoms with van der Waals surface area (Å²) in [7, 11) is 1.54. The summed E-state index contributed by atoms with van der Waals surface area (Å²) in [5, 5.41) is 8.91. The third kappa shape index (κ3) is 3.14. The van der Waals surface area contributed by atoms with Crippen molar-refractivity contribution in [3.63, 3.8) is 0 Å². The van der Waals surface area contributed by atoms with Gasteiger partial charge in [0, 0.05) is 18.1 Å². The summed E-state index contributed by atoms with van der Waals surface area (Å²) in [4.78, 5) is 8.78. The zero-order chi connectivity index (χ0) is 14.8. The number of hydrogen-bond donors (Lipinski definition) is 0. The minimum atomic E-state index is 0.438. The molecule has 0 N–H and O–H groups in total. The van der Waals surface area contributed by atoms with E-state index in [0.29, 0.717) is 33.5 Å². The van der Waals surface area contributed by atoms with E-state index in [1.54, 1.807) is 24.3 Å². The number of rotatable bonds is 4. The average molecular weight is 346 g/mol. The molecule has 6 heteroatoms. The van der Waals surface area contributed by atoms with E-state index in [-0.39, 0.29) is 0 Å². The van der Waals surface area contributed by atoms with Gasteiger partial charge in [0.2, 0.25) is 5.88 Å². The number of ether oxygens (including phenoxy) is 2. The molecule has 1 saturated carbocycles. The minimum Gasteiger partial charge on any atom is -0.493 e. The molecule has 1 heterocycles. The van der Waals surface area contributed by atoms with Crippen LogP contribution >= 0.6 is 15.9 Å². The van der Waals surface area contributed by atoms with Crippen molar-refractivity contribution in [2.45, 2.75) is 18.8 Å². The monoisotopic (exact) mass is 345 g/mol. The van der Waals surface area contributed by atoms with E-state index in [4.69, 9.17) is 14.7 Å². The van der Waals surface area contributed by atoms with Gasteiger partial charge in [0.1, 0.15) is 10.4 Å². The van der Waals surface area contributed by atoms with Crippen LogP contribution in [-0.4, -0.2) is 17.1 Å². The van der Waals surface area contributed by atoms with Crippen LogP contribution in [0.3, 0.4) is 0 Å². The second-order valence-corrected chi connectivity index (χ2v) is 5.55. The minimum absolute atomic E-state index is 0.438. The van der Waals surface area contributed by atoms with Crippen molar-refractivity contribution in [1.82, 2.24) is 9.97 Å². The lowest BCUT2D eigenvalue weighted by atomic mass is 10.2. The fourth-order valence-electron chi connectivity index (χ4n) is 1.92. The number of hydrogen-bond acceptors (Lipinski definition) is 5. The van der Waals surface area contributed by atoms with Crippen LogP contribution in [0.15, 0.2) is 28.9 Å². The molecule has 106 valence electrons. The lowest BCUT2D eigenvalue weighted by Gasteiger charge is -2.10. The van der Waals surface area contributed by atoms with Gasteiger partial charge >= 0.3 is 0 Å². The SMILES string of the molecule is COc1cc(C#N)ccc1Oc1cc(Br)nc(C2CC2)n1. The Morgan fingerprint density at radius 2 is 2.05 bits per heavy atom.